The number of nitro benzene ring substituents is 1. The Morgan fingerprint density at radius 2 is 2.32 bits per heavy atom. The van der Waals surface area contributed by atoms with Crippen molar-refractivity contribution in [3.63, 3.8) is 0 Å². The molecular formula is C12H14N4O3. The number of hydrogen-bond acceptors (Lipinski definition) is 5. The Morgan fingerprint density at radius 3 is 2.89 bits per heavy atom. The molecule has 0 saturated heterocycles. The third-order valence-electron chi connectivity index (χ3n) is 2.63. The fourth-order valence-corrected chi connectivity index (χ4v) is 1.71. The average Bonchev–Trinajstić information content (AvgIpc) is 2.81. The van der Waals surface area contributed by atoms with Crippen molar-refractivity contribution >= 4 is 11.4 Å². The molecule has 2 aromatic rings. The van der Waals surface area contributed by atoms with Crippen LogP contribution >= 0.6 is 0 Å². The lowest BCUT2D eigenvalue weighted by Crippen LogP contribution is -2.00. The van der Waals surface area contributed by atoms with Crippen LogP contribution in [0.3, 0.4) is 0 Å². The maximum absolute atomic E-state index is 10.9. The summed E-state index contributed by atoms with van der Waals surface area (Å²) in [4.78, 5) is 10.4. The summed E-state index contributed by atoms with van der Waals surface area (Å²) in [6.45, 7) is 0.553. The van der Waals surface area contributed by atoms with Crippen molar-refractivity contribution in [2.45, 2.75) is 6.54 Å². The second kappa shape index (κ2) is 5.38. The third kappa shape index (κ3) is 3.01. The smallest absolute Gasteiger partial charge is 0.312 e. The van der Waals surface area contributed by atoms with E-state index in [0.29, 0.717) is 12.2 Å². The van der Waals surface area contributed by atoms with Crippen molar-refractivity contribution in [2.75, 3.05) is 12.4 Å². The number of hydrogen-bond donors (Lipinski definition) is 1. The summed E-state index contributed by atoms with van der Waals surface area (Å²) in [7, 11) is 3.24. The normalized spacial score (nSPS) is 10.2. The Kier molecular flexibility index (Phi) is 3.65. The first-order valence-corrected chi connectivity index (χ1v) is 5.64. The van der Waals surface area contributed by atoms with E-state index in [1.165, 1.54) is 13.2 Å². The summed E-state index contributed by atoms with van der Waals surface area (Å²) in [6, 6.07) is 4.76. The minimum atomic E-state index is -0.464. The van der Waals surface area contributed by atoms with Crippen molar-refractivity contribution < 1.29 is 9.66 Å². The highest BCUT2D eigenvalue weighted by atomic mass is 16.6. The van der Waals surface area contributed by atoms with Gasteiger partial charge >= 0.3 is 5.69 Å². The van der Waals surface area contributed by atoms with E-state index >= 15 is 0 Å². The molecule has 0 radical (unpaired) electrons. The molecule has 1 aromatic carbocycles. The van der Waals surface area contributed by atoms with Crippen LogP contribution in [0.1, 0.15) is 5.56 Å². The number of aryl methyl sites for hydroxylation is 1. The number of benzene rings is 1. The van der Waals surface area contributed by atoms with Gasteiger partial charge < -0.3 is 10.1 Å². The Balaban J connectivity index is 2.12. The first kappa shape index (κ1) is 12.9. The number of methoxy groups -OCH3 is 1. The number of nitrogens with one attached hydrogen (secondary N) is 1. The highest BCUT2D eigenvalue weighted by Crippen LogP contribution is 2.29. The second-order valence-corrected chi connectivity index (χ2v) is 4.02. The van der Waals surface area contributed by atoms with Crippen molar-refractivity contribution in [2.24, 2.45) is 7.05 Å². The van der Waals surface area contributed by atoms with E-state index in [0.717, 1.165) is 5.56 Å². The zero-order valence-electron chi connectivity index (χ0n) is 10.7. The van der Waals surface area contributed by atoms with Crippen LogP contribution in [0.4, 0.5) is 11.4 Å². The van der Waals surface area contributed by atoms with Crippen molar-refractivity contribution in [1.29, 1.82) is 0 Å². The third-order valence-corrected chi connectivity index (χ3v) is 2.63. The second-order valence-electron chi connectivity index (χ2n) is 4.02. The van der Waals surface area contributed by atoms with Crippen LogP contribution in [0.15, 0.2) is 30.6 Å². The minimum Gasteiger partial charge on any atom is -0.490 e. The molecular weight excluding hydrogens is 248 g/mol. The molecule has 7 heteroatoms. The van der Waals surface area contributed by atoms with Gasteiger partial charge in [-0.05, 0) is 12.1 Å². The standard InChI is InChI=1S/C12H14N4O3/c1-15-8-9(7-14-15)6-13-10-3-4-12(19-2)11(5-10)16(17)18/h3-5,7-8,13H,6H2,1-2H3. The molecule has 0 bridgehead atoms. The molecule has 0 aliphatic carbocycles. The SMILES string of the molecule is COc1ccc(NCc2cnn(C)c2)cc1[N+](=O)[O-]. The monoisotopic (exact) mass is 262 g/mol. The summed E-state index contributed by atoms with van der Waals surface area (Å²) in [5.74, 6) is 0.247. The molecule has 0 aliphatic heterocycles. The van der Waals surface area contributed by atoms with E-state index in [1.807, 2.05) is 13.2 Å². The molecule has 0 fully saturated rings. The molecule has 0 spiro atoms. The zero-order valence-corrected chi connectivity index (χ0v) is 10.7. The highest BCUT2D eigenvalue weighted by molar-refractivity contribution is 5.58. The van der Waals surface area contributed by atoms with Gasteiger partial charge in [-0.3, -0.25) is 14.8 Å². The molecule has 0 amide bonds. The zero-order chi connectivity index (χ0) is 13.8. The number of anilines is 1. The molecule has 0 unspecified atom stereocenters. The molecule has 19 heavy (non-hydrogen) atoms. The quantitative estimate of drug-likeness (QED) is 0.657. The largest absolute Gasteiger partial charge is 0.490 e. The lowest BCUT2D eigenvalue weighted by atomic mass is 10.2. The van der Waals surface area contributed by atoms with Gasteiger partial charge in [0.2, 0.25) is 0 Å². The van der Waals surface area contributed by atoms with Crippen LogP contribution in [0.2, 0.25) is 0 Å². The fourth-order valence-electron chi connectivity index (χ4n) is 1.71. The van der Waals surface area contributed by atoms with Crippen molar-refractivity contribution in [3.05, 3.63) is 46.3 Å². The van der Waals surface area contributed by atoms with E-state index in [4.69, 9.17) is 4.74 Å². The first-order valence-electron chi connectivity index (χ1n) is 5.64. The predicted molar refractivity (Wildman–Crippen MR) is 70.2 cm³/mol. The predicted octanol–water partition coefficient (Wildman–Crippen LogP) is 1.95. The molecule has 7 nitrogen and oxygen atoms in total. The number of nitro groups is 1. The van der Waals surface area contributed by atoms with Gasteiger partial charge in [-0.1, -0.05) is 0 Å². The van der Waals surface area contributed by atoms with Gasteiger partial charge in [0.25, 0.3) is 0 Å². The number of aromatic nitrogens is 2. The van der Waals surface area contributed by atoms with Crippen molar-refractivity contribution in [3.8, 4) is 5.75 Å². The Hall–Kier alpha value is -2.57. The Morgan fingerprint density at radius 1 is 1.53 bits per heavy atom. The molecule has 2 rings (SSSR count). The van der Waals surface area contributed by atoms with Gasteiger partial charge in [-0.25, -0.2) is 0 Å². The van der Waals surface area contributed by atoms with Crippen LogP contribution in [0.25, 0.3) is 0 Å². The summed E-state index contributed by atoms with van der Waals surface area (Å²) in [5, 5.41) is 18.1. The van der Waals surface area contributed by atoms with Crippen LogP contribution in [-0.4, -0.2) is 21.8 Å². The molecule has 1 aromatic heterocycles. The van der Waals surface area contributed by atoms with E-state index < -0.39 is 4.92 Å². The first-order chi connectivity index (χ1) is 9.10. The van der Waals surface area contributed by atoms with Gasteiger partial charge in [0.15, 0.2) is 5.75 Å². The number of nitrogens with zero attached hydrogens (tertiary/aromatic N) is 3. The lowest BCUT2D eigenvalue weighted by molar-refractivity contribution is -0.385. The van der Waals surface area contributed by atoms with Crippen LogP contribution in [0, 0.1) is 10.1 Å². The summed E-state index contributed by atoms with van der Waals surface area (Å²) in [6.07, 6.45) is 3.62. The minimum absolute atomic E-state index is 0.0568. The number of ether oxygens (including phenoxy) is 1. The summed E-state index contributed by atoms with van der Waals surface area (Å²) < 4.78 is 6.65. The van der Waals surface area contributed by atoms with Gasteiger partial charge in [-0.2, -0.15) is 5.10 Å². The maximum Gasteiger partial charge on any atom is 0.312 e. The van der Waals surface area contributed by atoms with Gasteiger partial charge in [0, 0.05) is 37.1 Å². The van der Waals surface area contributed by atoms with Gasteiger partial charge in [0.05, 0.1) is 18.2 Å². The van der Waals surface area contributed by atoms with E-state index in [9.17, 15) is 10.1 Å². The molecule has 1 N–H and O–H groups in total. The molecule has 100 valence electrons. The van der Waals surface area contributed by atoms with Crippen LogP contribution in [-0.2, 0) is 13.6 Å². The van der Waals surface area contributed by atoms with Gasteiger partial charge in [0.1, 0.15) is 0 Å². The van der Waals surface area contributed by atoms with E-state index in [1.54, 1.807) is 23.0 Å². The molecule has 0 atom stereocenters. The molecule has 0 aliphatic rings. The summed E-state index contributed by atoms with van der Waals surface area (Å²) in [5.41, 5.74) is 1.61. The Labute approximate surface area is 110 Å². The van der Waals surface area contributed by atoms with Crippen molar-refractivity contribution in [1.82, 2.24) is 9.78 Å². The van der Waals surface area contributed by atoms with E-state index in [2.05, 4.69) is 10.4 Å². The Bertz CT molecular complexity index is 594. The summed E-state index contributed by atoms with van der Waals surface area (Å²) >= 11 is 0. The lowest BCUT2D eigenvalue weighted by Gasteiger charge is -2.06. The molecule has 0 saturated carbocycles. The highest BCUT2D eigenvalue weighted by Gasteiger charge is 2.14. The fraction of sp³-hybridized carbons (Fsp3) is 0.250. The maximum atomic E-state index is 10.9. The molecule has 1 heterocycles. The van der Waals surface area contributed by atoms with E-state index in [-0.39, 0.29) is 11.4 Å². The van der Waals surface area contributed by atoms with Crippen LogP contribution < -0.4 is 10.1 Å². The van der Waals surface area contributed by atoms with Crippen LogP contribution in [0.5, 0.6) is 5.75 Å². The topological polar surface area (TPSA) is 82.2 Å². The number of rotatable bonds is 5. The average molecular weight is 262 g/mol. The van der Waals surface area contributed by atoms with Gasteiger partial charge in [-0.15, -0.1) is 0 Å².